The Bertz CT molecular complexity index is 1900. The van der Waals surface area contributed by atoms with E-state index in [0.29, 0.717) is 34.1 Å². The van der Waals surface area contributed by atoms with Gasteiger partial charge in [0, 0.05) is 34.8 Å². The Morgan fingerprint density at radius 3 is 2.73 bits per heavy atom. The number of hydrogen-bond donors (Lipinski definition) is 3. The molecule has 9 nitrogen and oxygen atoms in total. The molecule has 0 radical (unpaired) electrons. The molecule has 1 aliphatic carbocycles. The number of carbonyl (C=O) groups excluding carboxylic acids is 1. The highest BCUT2D eigenvalue weighted by atomic mass is 19.1. The highest BCUT2D eigenvalue weighted by Gasteiger charge is 2.22. The van der Waals surface area contributed by atoms with Gasteiger partial charge in [-0.15, -0.1) is 0 Å². The third kappa shape index (κ3) is 4.82. The monoisotopic (exact) mass is 546 g/mol. The van der Waals surface area contributed by atoms with E-state index < -0.39 is 0 Å². The van der Waals surface area contributed by atoms with Gasteiger partial charge < -0.3 is 10.3 Å². The lowest BCUT2D eigenvalue weighted by molar-refractivity contribution is -0.120. The van der Waals surface area contributed by atoms with Gasteiger partial charge in [-0.25, -0.2) is 14.4 Å². The van der Waals surface area contributed by atoms with E-state index in [1.165, 1.54) is 18.6 Å². The highest BCUT2D eigenvalue weighted by Crippen LogP contribution is 2.33. The number of nitrogens with one attached hydrogen (secondary N) is 3. The van der Waals surface area contributed by atoms with Crippen molar-refractivity contribution in [3.63, 3.8) is 0 Å². The van der Waals surface area contributed by atoms with Gasteiger partial charge in [-0.2, -0.15) is 5.10 Å². The average Bonchev–Trinajstić information content (AvgIpc) is 3.61. The predicted molar refractivity (Wildman–Crippen MR) is 155 cm³/mol. The fourth-order valence-electron chi connectivity index (χ4n) is 5.67. The Hall–Kier alpha value is -4.99. The molecule has 1 fully saturated rings. The van der Waals surface area contributed by atoms with Gasteiger partial charge in [0.2, 0.25) is 5.91 Å². The van der Waals surface area contributed by atoms with Crippen molar-refractivity contribution in [3.05, 3.63) is 72.6 Å². The third-order valence-corrected chi connectivity index (χ3v) is 7.69. The fraction of sp³-hybridized carbons (Fsp3) is 0.226. The van der Waals surface area contributed by atoms with Gasteiger partial charge in [0.25, 0.3) is 0 Å². The number of carbonyl (C=O) groups is 1. The third-order valence-electron chi connectivity index (χ3n) is 7.69. The van der Waals surface area contributed by atoms with E-state index in [9.17, 15) is 9.18 Å². The molecule has 0 saturated heterocycles. The number of benzene rings is 1. The van der Waals surface area contributed by atoms with Crippen molar-refractivity contribution in [1.82, 2.24) is 35.1 Å². The smallest absolute Gasteiger partial charge is 0.227 e. The maximum Gasteiger partial charge on any atom is 0.227 e. The van der Waals surface area contributed by atoms with Crippen LogP contribution < -0.4 is 5.32 Å². The first-order valence-corrected chi connectivity index (χ1v) is 13.7. The quantitative estimate of drug-likeness (QED) is 0.224. The number of nitrogens with zero attached hydrogens (tertiary/aromatic N) is 5. The van der Waals surface area contributed by atoms with Gasteiger partial charge >= 0.3 is 0 Å². The van der Waals surface area contributed by atoms with E-state index >= 15 is 0 Å². The van der Waals surface area contributed by atoms with Crippen LogP contribution in [0.4, 0.5) is 10.1 Å². The summed E-state index contributed by atoms with van der Waals surface area (Å²) in [6.07, 6.45) is 12.0. The molecule has 6 aromatic rings. The van der Waals surface area contributed by atoms with Gasteiger partial charge in [0.1, 0.15) is 11.5 Å². The molecule has 5 heterocycles. The summed E-state index contributed by atoms with van der Waals surface area (Å²) < 4.78 is 14.2. The maximum atomic E-state index is 14.2. The largest absolute Gasteiger partial charge is 0.335 e. The molecule has 1 aliphatic rings. The second-order valence-corrected chi connectivity index (χ2v) is 10.6. The van der Waals surface area contributed by atoms with Crippen LogP contribution in [0.1, 0.15) is 37.7 Å². The number of rotatable bonds is 5. The summed E-state index contributed by atoms with van der Waals surface area (Å²) >= 11 is 0. The number of pyridine rings is 3. The van der Waals surface area contributed by atoms with Gasteiger partial charge in [0.15, 0.2) is 11.5 Å². The number of hydrogen-bond acceptors (Lipinski definition) is 6. The molecule has 10 heteroatoms. The Kier molecular flexibility index (Phi) is 6.22. The minimum Gasteiger partial charge on any atom is -0.335 e. The molecule has 204 valence electrons. The molecular weight excluding hydrogens is 519 g/mol. The number of anilines is 1. The van der Waals surface area contributed by atoms with Crippen LogP contribution in [0.5, 0.6) is 0 Å². The van der Waals surface area contributed by atoms with Crippen LogP contribution in [0.3, 0.4) is 0 Å². The normalized spacial score (nSPS) is 14.1. The number of aryl methyl sites for hydroxylation is 1. The molecule has 0 atom stereocenters. The topological polar surface area (TPSA) is 125 Å². The Morgan fingerprint density at radius 2 is 1.88 bits per heavy atom. The summed E-state index contributed by atoms with van der Waals surface area (Å²) in [6, 6.07) is 10.6. The molecule has 1 amide bonds. The van der Waals surface area contributed by atoms with E-state index in [1.54, 1.807) is 24.8 Å². The van der Waals surface area contributed by atoms with Crippen LogP contribution in [0, 0.1) is 18.7 Å². The first kappa shape index (κ1) is 25.0. The summed E-state index contributed by atoms with van der Waals surface area (Å²) in [5.74, 6) is 0.341. The number of aromatic amines is 2. The standard InChI is InChI=1S/C31H27FN8O/c1-17-9-19(11-21(32)10-17)23-7-8-34-29-27(23)37-30(38-29)28-24-13-25(35-16-26(24)39-40-28)20-12-22(15-33-14-20)36-31(41)18-5-3-2-4-6-18/h7-16,18H,2-6H2,1H3,(H,36,41)(H,39,40)(H,34,37,38). The summed E-state index contributed by atoms with van der Waals surface area (Å²) in [6.45, 7) is 1.86. The lowest BCUT2D eigenvalue weighted by Gasteiger charge is -2.20. The number of imidazole rings is 1. The Morgan fingerprint density at radius 1 is 1.00 bits per heavy atom. The highest BCUT2D eigenvalue weighted by molar-refractivity contribution is 5.97. The van der Waals surface area contributed by atoms with Crippen LogP contribution in [-0.4, -0.2) is 41.0 Å². The molecule has 1 saturated carbocycles. The summed E-state index contributed by atoms with van der Waals surface area (Å²) in [5.41, 5.74) is 7.04. The number of H-pyrrole nitrogens is 2. The fourth-order valence-corrected chi connectivity index (χ4v) is 5.67. The van der Waals surface area contributed by atoms with Crippen molar-refractivity contribution in [2.24, 2.45) is 5.92 Å². The number of aromatic nitrogens is 7. The van der Waals surface area contributed by atoms with Crippen LogP contribution in [0.15, 0.2) is 61.2 Å². The lowest BCUT2D eigenvalue weighted by atomic mass is 9.88. The van der Waals surface area contributed by atoms with Gasteiger partial charge in [-0.05, 0) is 61.2 Å². The second-order valence-electron chi connectivity index (χ2n) is 10.6. The van der Waals surface area contributed by atoms with Crippen LogP contribution in [0.2, 0.25) is 0 Å². The van der Waals surface area contributed by atoms with Gasteiger partial charge in [0.05, 0.1) is 34.8 Å². The minimum absolute atomic E-state index is 0.0513. The zero-order valence-corrected chi connectivity index (χ0v) is 22.4. The van der Waals surface area contributed by atoms with Crippen LogP contribution >= 0.6 is 0 Å². The minimum atomic E-state index is -0.296. The van der Waals surface area contributed by atoms with Crippen LogP contribution in [-0.2, 0) is 4.79 Å². The molecule has 41 heavy (non-hydrogen) atoms. The van der Waals surface area contributed by atoms with E-state index in [-0.39, 0.29) is 17.6 Å². The molecule has 5 aromatic heterocycles. The molecule has 7 rings (SSSR count). The number of amides is 1. The van der Waals surface area contributed by atoms with Gasteiger partial charge in [-0.1, -0.05) is 25.3 Å². The van der Waals surface area contributed by atoms with Crippen LogP contribution in [0.25, 0.3) is 56.0 Å². The van der Waals surface area contributed by atoms with E-state index in [1.807, 2.05) is 31.2 Å². The lowest BCUT2D eigenvalue weighted by Crippen LogP contribution is -2.24. The van der Waals surface area contributed by atoms with E-state index in [4.69, 9.17) is 4.98 Å². The molecule has 3 N–H and O–H groups in total. The SMILES string of the molecule is Cc1cc(F)cc(-c2ccnc3nc(-c4n[nH]c5cnc(-c6cncc(NC(=O)C7CCCCC7)c6)cc45)[nH]c23)c1. The molecule has 1 aromatic carbocycles. The summed E-state index contributed by atoms with van der Waals surface area (Å²) in [5, 5.41) is 11.4. The van der Waals surface area contributed by atoms with Crippen molar-refractivity contribution in [2.75, 3.05) is 5.32 Å². The molecule has 0 unspecified atom stereocenters. The molecule has 0 spiro atoms. The average molecular weight is 547 g/mol. The predicted octanol–water partition coefficient (Wildman–Crippen LogP) is 6.59. The summed E-state index contributed by atoms with van der Waals surface area (Å²) in [4.78, 5) is 34.2. The van der Waals surface area contributed by atoms with Crippen molar-refractivity contribution < 1.29 is 9.18 Å². The number of fused-ring (bicyclic) bond motifs is 2. The Labute approximate surface area is 234 Å². The van der Waals surface area contributed by atoms with Crippen molar-refractivity contribution in [2.45, 2.75) is 39.0 Å². The molecule has 0 aliphatic heterocycles. The summed E-state index contributed by atoms with van der Waals surface area (Å²) in [7, 11) is 0. The van der Waals surface area contributed by atoms with Crippen molar-refractivity contribution in [1.29, 1.82) is 0 Å². The van der Waals surface area contributed by atoms with Gasteiger partial charge in [-0.3, -0.25) is 19.9 Å². The van der Waals surface area contributed by atoms with Crippen molar-refractivity contribution in [3.8, 4) is 33.9 Å². The zero-order chi connectivity index (χ0) is 27.9. The first-order chi connectivity index (χ1) is 20.0. The zero-order valence-electron chi connectivity index (χ0n) is 22.4. The number of halogens is 1. The maximum absolute atomic E-state index is 14.2. The molecular formula is C31H27FN8O. The molecule has 0 bridgehead atoms. The second kappa shape index (κ2) is 10.2. The first-order valence-electron chi connectivity index (χ1n) is 13.7. The Balaban J connectivity index is 1.23. The van der Waals surface area contributed by atoms with E-state index in [0.717, 1.165) is 58.8 Å². The van der Waals surface area contributed by atoms with Crippen molar-refractivity contribution >= 4 is 33.7 Å². The van der Waals surface area contributed by atoms with E-state index in [2.05, 4.69) is 35.5 Å².